The molecule has 3 aromatic heterocycles. The van der Waals surface area contributed by atoms with E-state index in [4.69, 9.17) is 14.2 Å². The van der Waals surface area contributed by atoms with Gasteiger partial charge in [-0.15, -0.1) is 0 Å². The fourth-order valence-electron chi connectivity index (χ4n) is 6.19. The minimum absolute atomic E-state index is 0.0370. The predicted octanol–water partition coefficient (Wildman–Crippen LogP) is 4.24. The van der Waals surface area contributed by atoms with Crippen LogP contribution in [0.15, 0.2) is 53.7 Å². The number of aromatic nitrogens is 3. The number of piperidine rings is 1. The van der Waals surface area contributed by atoms with Gasteiger partial charge >= 0.3 is 5.82 Å². The summed E-state index contributed by atoms with van der Waals surface area (Å²) in [5, 5.41) is 11.2. The Kier molecular flexibility index (Phi) is 8.59. The lowest BCUT2D eigenvalue weighted by Crippen LogP contribution is -2.48. The zero-order valence-electron chi connectivity index (χ0n) is 24.8. The van der Waals surface area contributed by atoms with E-state index in [2.05, 4.69) is 19.8 Å². The van der Waals surface area contributed by atoms with Crippen LogP contribution in [0.25, 0.3) is 10.9 Å². The first-order valence-electron chi connectivity index (χ1n) is 14.5. The van der Waals surface area contributed by atoms with E-state index in [0.717, 1.165) is 36.7 Å². The quantitative estimate of drug-likeness (QED) is 0.187. The number of nitro groups is 1. The average Bonchev–Trinajstić information content (AvgIpc) is 3.06. The Morgan fingerprint density at radius 1 is 1.18 bits per heavy atom. The Morgan fingerprint density at radius 2 is 2.02 bits per heavy atom. The number of rotatable bonds is 10. The van der Waals surface area contributed by atoms with Crippen molar-refractivity contribution in [2.75, 3.05) is 45.4 Å². The fourth-order valence-corrected chi connectivity index (χ4v) is 6.19. The SMILES string of the molecule is COC[C@H]1COc2c(F)c(F)cc3c(=O)c(CN(Cc4ccnc(OC)c4)[C@H]4CCCN(c5ccc([N+](=O)[O-])nc5)C4)cn1c23. The van der Waals surface area contributed by atoms with Crippen LogP contribution < -0.4 is 19.8 Å². The molecule has 1 aromatic carbocycles. The molecule has 0 saturated carbocycles. The summed E-state index contributed by atoms with van der Waals surface area (Å²) in [5.41, 5.74) is 1.89. The van der Waals surface area contributed by atoms with Crippen molar-refractivity contribution in [2.45, 2.75) is 38.0 Å². The summed E-state index contributed by atoms with van der Waals surface area (Å²) < 4.78 is 47.5. The van der Waals surface area contributed by atoms with Crippen molar-refractivity contribution in [2.24, 2.45) is 0 Å². The molecule has 0 bridgehead atoms. The highest BCUT2D eigenvalue weighted by atomic mass is 19.2. The molecule has 0 N–H and O–H groups in total. The molecule has 6 rings (SSSR count). The molecule has 0 amide bonds. The van der Waals surface area contributed by atoms with Crippen molar-refractivity contribution in [3.8, 4) is 11.6 Å². The van der Waals surface area contributed by atoms with Gasteiger partial charge in [0.1, 0.15) is 6.61 Å². The Hall–Kier alpha value is -4.69. The van der Waals surface area contributed by atoms with Gasteiger partial charge in [0.2, 0.25) is 11.7 Å². The normalized spacial score (nSPS) is 17.8. The number of pyridine rings is 3. The molecule has 0 radical (unpaired) electrons. The van der Waals surface area contributed by atoms with Crippen LogP contribution in [0, 0.1) is 21.7 Å². The van der Waals surface area contributed by atoms with Crippen molar-refractivity contribution in [3.05, 3.63) is 92.0 Å². The summed E-state index contributed by atoms with van der Waals surface area (Å²) in [7, 11) is 3.08. The molecule has 4 aromatic rings. The summed E-state index contributed by atoms with van der Waals surface area (Å²) in [6.45, 7) is 2.28. The van der Waals surface area contributed by atoms with Gasteiger partial charge in [-0.1, -0.05) is 0 Å². The lowest BCUT2D eigenvalue weighted by molar-refractivity contribution is -0.389. The van der Waals surface area contributed by atoms with E-state index >= 15 is 0 Å². The van der Waals surface area contributed by atoms with E-state index < -0.39 is 22.0 Å². The minimum Gasteiger partial charge on any atom is -0.486 e. The molecule has 14 heteroatoms. The van der Waals surface area contributed by atoms with Gasteiger partial charge in [0.25, 0.3) is 0 Å². The first kappa shape index (κ1) is 30.3. The van der Waals surface area contributed by atoms with Gasteiger partial charge in [0.15, 0.2) is 23.2 Å². The summed E-state index contributed by atoms with van der Waals surface area (Å²) in [4.78, 5) is 37.0. The number of anilines is 1. The molecule has 0 unspecified atom stereocenters. The molecule has 45 heavy (non-hydrogen) atoms. The smallest absolute Gasteiger partial charge is 0.363 e. The third kappa shape index (κ3) is 6.02. The highest BCUT2D eigenvalue weighted by Gasteiger charge is 2.31. The Bertz CT molecular complexity index is 1790. The number of ether oxygens (including phenoxy) is 3. The number of halogens is 2. The van der Waals surface area contributed by atoms with Gasteiger partial charge in [0, 0.05) is 69.4 Å². The van der Waals surface area contributed by atoms with Crippen LogP contribution in [-0.2, 0) is 17.8 Å². The summed E-state index contributed by atoms with van der Waals surface area (Å²) in [5.74, 6) is -2.32. The van der Waals surface area contributed by atoms with E-state index in [9.17, 15) is 23.7 Å². The van der Waals surface area contributed by atoms with Gasteiger partial charge in [-0.25, -0.2) is 9.37 Å². The van der Waals surface area contributed by atoms with E-state index in [1.165, 1.54) is 12.3 Å². The number of benzene rings is 1. The molecule has 2 aliphatic heterocycles. The summed E-state index contributed by atoms with van der Waals surface area (Å²) >= 11 is 0. The van der Waals surface area contributed by atoms with Crippen molar-refractivity contribution in [1.29, 1.82) is 0 Å². The maximum absolute atomic E-state index is 14.8. The molecule has 236 valence electrons. The zero-order chi connectivity index (χ0) is 31.7. The summed E-state index contributed by atoms with van der Waals surface area (Å²) in [6, 6.07) is 7.34. The third-order valence-corrected chi connectivity index (χ3v) is 8.38. The molecular formula is C31H32F2N6O6. The lowest BCUT2D eigenvalue weighted by Gasteiger charge is -2.40. The zero-order valence-corrected chi connectivity index (χ0v) is 24.8. The Balaban J connectivity index is 1.39. The molecule has 0 spiro atoms. The predicted molar refractivity (Wildman–Crippen MR) is 161 cm³/mol. The topological polar surface area (TPSA) is 125 Å². The fraction of sp³-hybridized carbons (Fsp3) is 0.387. The monoisotopic (exact) mass is 622 g/mol. The number of hydrogen-bond donors (Lipinski definition) is 0. The maximum atomic E-state index is 14.8. The first-order chi connectivity index (χ1) is 21.8. The largest absolute Gasteiger partial charge is 0.486 e. The van der Waals surface area contributed by atoms with Crippen molar-refractivity contribution in [1.82, 2.24) is 19.4 Å². The van der Waals surface area contributed by atoms with E-state index in [0.29, 0.717) is 24.5 Å². The lowest BCUT2D eigenvalue weighted by atomic mass is 10.0. The van der Waals surface area contributed by atoms with Crippen LogP contribution in [-0.4, -0.2) is 70.9 Å². The highest BCUT2D eigenvalue weighted by molar-refractivity contribution is 5.86. The van der Waals surface area contributed by atoms with Gasteiger partial charge in [-0.2, -0.15) is 4.39 Å². The molecular weight excluding hydrogens is 590 g/mol. The number of nitrogens with zero attached hydrogens (tertiary/aromatic N) is 6. The Labute approximate surface area is 256 Å². The summed E-state index contributed by atoms with van der Waals surface area (Å²) in [6.07, 6.45) is 6.53. The molecule has 1 fully saturated rings. The third-order valence-electron chi connectivity index (χ3n) is 8.38. The van der Waals surface area contributed by atoms with Crippen LogP contribution in [0.5, 0.6) is 11.6 Å². The average molecular weight is 623 g/mol. The molecule has 0 aliphatic carbocycles. The second-order valence-corrected chi connectivity index (χ2v) is 11.2. The van der Waals surface area contributed by atoms with E-state index in [-0.39, 0.29) is 54.3 Å². The van der Waals surface area contributed by atoms with Gasteiger partial charge in [-0.3, -0.25) is 9.69 Å². The molecule has 2 aliphatic rings. The molecule has 1 saturated heterocycles. The van der Waals surface area contributed by atoms with Crippen LogP contribution in [0.3, 0.4) is 0 Å². The van der Waals surface area contributed by atoms with Crippen molar-refractivity contribution >= 4 is 22.4 Å². The van der Waals surface area contributed by atoms with Crippen LogP contribution in [0.2, 0.25) is 0 Å². The maximum Gasteiger partial charge on any atom is 0.363 e. The van der Waals surface area contributed by atoms with Gasteiger partial charge in [0.05, 0.1) is 36.3 Å². The number of hydrogen-bond acceptors (Lipinski definition) is 10. The molecule has 5 heterocycles. The second kappa shape index (κ2) is 12.7. The van der Waals surface area contributed by atoms with Gasteiger partial charge < -0.3 is 33.8 Å². The highest BCUT2D eigenvalue weighted by Crippen LogP contribution is 2.36. The minimum atomic E-state index is -1.15. The molecule has 12 nitrogen and oxygen atoms in total. The van der Waals surface area contributed by atoms with Crippen LogP contribution in [0.4, 0.5) is 20.3 Å². The van der Waals surface area contributed by atoms with Crippen molar-refractivity contribution in [3.63, 3.8) is 0 Å². The van der Waals surface area contributed by atoms with Crippen molar-refractivity contribution < 1.29 is 27.9 Å². The van der Waals surface area contributed by atoms with Crippen LogP contribution in [0.1, 0.15) is 30.0 Å². The molecule has 2 atom stereocenters. The van der Waals surface area contributed by atoms with Crippen LogP contribution >= 0.6 is 0 Å². The standard InChI is InChI=1S/C31H32F2N6O6/c1-43-17-23-18-45-31-28(33)25(32)11-24-29(31)38(23)15-20(30(24)40)14-37(13-19-7-8-34-27(10-19)44-2)22-4-3-9-36(16-22)21-5-6-26(35-12-21)39(41)42/h5-8,10-12,15,22-23H,3-4,9,13-14,16-18H2,1-2H3/t22-,23-/m0/s1. The van der Waals surface area contributed by atoms with E-state index in [1.54, 1.807) is 37.2 Å². The second-order valence-electron chi connectivity index (χ2n) is 11.2. The Morgan fingerprint density at radius 3 is 2.76 bits per heavy atom. The van der Waals surface area contributed by atoms with E-state index in [1.807, 2.05) is 12.1 Å². The van der Waals surface area contributed by atoms with Gasteiger partial charge in [-0.05, 0) is 46.5 Å². The first-order valence-corrected chi connectivity index (χ1v) is 14.5. The number of methoxy groups -OCH3 is 2.